The monoisotopic (exact) mass is 255 g/mol. The number of benzene rings is 1. The first-order valence-electron chi connectivity index (χ1n) is 4.58. The second-order valence-corrected chi connectivity index (χ2v) is 5.12. The van der Waals surface area contributed by atoms with Crippen molar-refractivity contribution in [2.75, 3.05) is 10.5 Å². The zero-order valence-corrected chi connectivity index (χ0v) is 9.69. The lowest BCUT2D eigenvalue weighted by molar-refractivity contribution is -0.383. The summed E-state index contributed by atoms with van der Waals surface area (Å²) in [5.41, 5.74) is -0.493. The van der Waals surface area contributed by atoms with E-state index in [0.29, 0.717) is 0 Å². The number of nitrogens with one attached hydrogen (secondary N) is 1. The van der Waals surface area contributed by atoms with Gasteiger partial charge in [-0.1, -0.05) is 0 Å². The molecule has 0 saturated heterocycles. The molecular weight excluding hydrogens is 246 g/mol. The first-order chi connectivity index (χ1) is 7.89. The van der Waals surface area contributed by atoms with Crippen LogP contribution in [0.2, 0.25) is 0 Å². The maximum atomic E-state index is 11.3. The van der Waals surface area contributed by atoms with Gasteiger partial charge in [-0.15, -0.1) is 0 Å². The number of sulfonamides is 1. The van der Waals surface area contributed by atoms with Gasteiger partial charge in [0.15, 0.2) is 0 Å². The molecule has 1 N–H and O–H groups in total. The van der Waals surface area contributed by atoms with Crippen LogP contribution in [0.4, 0.5) is 11.4 Å². The summed E-state index contributed by atoms with van der Waals surface area (Å²) in [5, 5.41) is 19.3. The van der Waals surface area contributed by atoms with Gasteiger partial charge in [-0.2, -0.15) is 5.26 Å². The Hall–Kier alpha value is -2.14. The van der Waals surface area contributed by atoms with E-state index >= 15 is 0 Å². The number of rotatable bonds is 4. The molecule has 0 unspecified atom stereocenters. The predicted octanol–water partition coefficient (Wildman–Crippen LogP) is 1.23. The lowest BCUT2D eigenvalue weighted by Crippen LogP contribution is -2.15. The molecule has 17 heavy (non-hydrogen) atoms. The van der Waals surface area contributed by atoms with Crippen LogP contribution >= 0.6 is 0 Å². The Morgan fingerprint density at radius 2 is 2.18 bits per heavy atom. The average molecular weight is 255 g/mol. The first-order valence-corrected chi connectivity index (χ1v) is 6.24. The van der Waals surface area contributed by atoms with Crippen LogP contribution in [0.15, 0.2) is 18.2 Å². The summed E-state index contributed by atoms with van der Waals surface area (Å²) in [7, 11) is -3.59. The number of hydrogen-bond donors (Lipinski definition) is 1. The lowest BCUT2D eigenvalue weighted by atomic mass is 10.2. The molecule has 0 aliphatic heterocycles. The van der Waals surface area contributed by atoms with Gasteiger partial charge in [0, 0.05) is 6.07 Å². The smallest absolute Gasteiger partial charge is 0.277 e. The summed E-state index contributed by atoms with van der Waals surface area (Å²) in [5.74, 6) is -0.190. The quantitative estimate of drug-likeness (QED) is 0.642. The minimum atomic E-state index is -3.59. The van der Waals surface area contributed by atoms with Crippen LogP contribution < -0.4 is 4.72 Å². The Kier molecular flexibility index (Phi) is 3.65. The van der Waals surface area contributed by atoms with E-state index in [1.165, 1.54) is 19.1 Å². The van der Waals surface area contributed by atoms with E-state index in [1.54, 1.807) is 6.07 Å². The molecule has 1 aromatic rings. The van der Waals surface area contributed by atoms with Crippen molar-refractivity contribution in [3.63, 3.8) is 0 Å². The van der Waals surface area contributed by atoms with Gasteiger partial charge in [-0.25, -0.2) is 8.42 Å². The van der Waals surface area contributed by atoms with Crippen molar-refractivity contribution in [1.29, 1.82) is 5.26 Å². The number of nitro groups is 1. The fourth-order valence-corrected chi connectivity index (χ4v) is 1.73. The van der Waals surface area contributed by atoms with Gasteiger partial charge < -0.3 is 0 Å². The number of nitrogens with zero attached hydrogens (tertiary/aromatic N) is 2. The molecular formula is C9H9N3O4S. The van der Waals surface area contributed by atoms with Crippen molar-refractivity contribution in [2.45, 2.75) is 6.92 Å². The third kappa shape index (κ3) is 3.15. The minimum absolute atomic E-state index is 0.0937. The number of nitro benzene ring substituents is 1. The zero-order valence-electron chi connectivity index (χ0n) is 8.87. The van der Waals surface area contributed by atoms with Crippen LogP contribution in [-0.2, 0) is 10.0 Å². The molecule has 0 aromatic heterocycles. The highest BCUT2D eigenvalue weighted by atomic mass is 32.2. The third-order valence-electron chi connectivity index (χ3n) is 1.97. The maximum Gasteiger partial charge on any atom is 0.294 e. The molecule has 8 heteroatoms. The molecule has 0 saturated carbocycles. The van der Waals surface area contributed by atoms with Gasteiger partial charge in [0.2, 0.25) is 10.0 Å². The molecule has 0 radical (unpaired) electrons. The molecule has 7 nitrogen and oxygen atoms in total. The fourth-order valence-electron chi connectivity index (χ4n) is 1.08. The Morgan fingerprint density at radius 3 is 2.65 bits per heavy atom. The Labute approximate surface area is 97.9 Å². The summed E-state index contributed by atoms with van der Waals surface area (Å²) >= 11 is 0. The molecule has 0 aliphatic carbocycles. The Balaban J connectivity index is 3.26. The summed E-state index contributed by atoms with van der Waals surface area (Å²) in [6.07, 6.45) is 0. The Morgan fingerprint density at radius 1 is 1.53 bits per heavy atom. The number of nitriles is 1. The van der Waals surface area contributed by atoms with E-state index in [1.807, 2.05) is 0 Å². The largest absolute Gasteiger partial charge is 0.294 e. The van der Waals surface area contributed by atoms with E-state index in [2.05, 4.69) is 4.72 Å². The van der Waals surface area contributed by atoms with E-state index in [9.17, 15) is 18.5 Å². The summed E-state index contributed by atoms with van der Waals surface area (Å²) in [6, 6.07) is 5.27. The van der Waals surface area contributed by atoms with Crippen LogP contribution in [-0.4, -0.2) is 19.1 Å². The van der Waals surface area contributed by atoms with Crippen LogP contribution in [0.1, 0.15) is 12.5 Å². The predicted molar refractivity (Wildman–Crippen MR) is 60.9 cm³/mol. The standard InChI is InChI=1S/C9H9N3O4S/c1-2-17(15,16)11-8-4-3-7(6-10)5-9(8)12(13)14/h3-5,11H,2H2,1H3. The molecule has 1 aromatic carbocycles. The van der Waals surface area contributed by atoms with Gasteiger partial charge in [-0.3, -0.25) is 14.8 Å². The van der Waals surface area contributed by atoms with Gasteiger partial charge in [0.1, 0.15) is 5.69 Å². The van der Waals surface area contributed by atoms with E-state index in [4.69, 9.17) is 5.26 Å². The van der Waals surface area contributed by atoms with E-state index < -0.39 is 20.6 Å². The highest BCUT2D eigenvalue weighted by Gasteiger charge is 2.18. The topological polar surface area (TPSA) is 113 Å². The summed E-state index contributed by atoms with van der Waals surface area (Å²) in [4.78, 5) is 9.98. The first kappa shape index (κ1) is 12.9. The van der Waals surface area contributed by atoms with Gasteiger partial charge in [0.25, 0.3) is 5.69 Å². The lowest BCUT2D eigenvalue weighted by Gasteiger charge is -2.06. The highest BCUT2D eigenvalue weighted by molar-refractivity contribution is 7.92. The second kappa shape index (κ2) is 4.80. The van der Waals surface area contributed by atoms with E-state index in [-0.39, 0.29) is 17.0 Å². The molecule has 1 rings (SSSR count). The van der Waals surface area contributed by atoms with Crippen LogP contribution in [0, 0.1) is 21.4 Å². The van der Waals surface area contributed by atoms with Crippen LogP contribution in [0.3, 0.4) is 0 Å². The number of anilines is 1. The molecule has 0 bridgehead atoms. The van der Waals surface area contributed by atoms with Crippen LogP contribution in [0.5, 0.6) is 0 Å². The molecule has 0 atom stereocenters. The van der Waals surface area contributed by atoms with Crippen molar-refractivity contribution in [3.8, 4) is 6.07 Å². The molecule has 0 spiro atoms. The zero-order chi connectivity index (χ0) is 13.1. The van der Waals surface area contributed by atoms with Crippen molar-refractivity contribution < 1.29 is 13.3 Å². The minimum Gasteiger partial charge on any atom is -0.277 e. The van der Waals surface area contributed by atoms with Gasteiger partial charge in [0.05, 0.1) is 22.3 Å². The maximum absolute atomic E-state index is 11.3. The SMILES string of the molecule is CCS(=O)(=O)Nc1ccc(C#N)cc1[N+](=O)[O-]. The number of hydrogen-bond acceptors (Lipinski definition) is 5. The fraction of sp³-hybridized carbons (Fsp3) is 0.222. The normalized spacial score (nSPS) is 10.6. The van der Waals surface area contributed by atoms with Crippen molar-refractivity contribution in [3.05, 3.63) is 33.9 Å². The highest BCUT2D eigenvalue weighted by Crippen LogP contribution is 2.26. The third-order valence-corrected chi connectivity index (χ3v) is 3.26. The van der Waals surface area contributed by atoms with Gasteiger partial charge in [-0.05, 0) is 19.1 Å². The van der Waals surface area contributed by atoms with Gasteiger partial charge >= 0.3 is 0 Å². The van der Waals surface area contributed by atoms with E-state index in [0.717, 1.165) is 6.07 Å². The molecule has 0 fully saturated rings. The van der Waals surface area contributed by atoms with Crippen molar-refractivity contribution >= 4 is 21.4 Å². The molecule has 0 amide bonds. The van der Waals surface area contributed by atoms with Crippen molar-refractivity contribution in [1.82, 2.24) is 0 Å². The summed E-state index contributed by atoms with van der Waals surface area (Å²) in [6.45, 7) is 1.41. The molecule has 90 valence electrons. The molecule has 0 aliphatic rings. The van der Waals surface area contributed by atoms with Crippen LogP contribution in [0.25, 0.3) is 0 Å². The second-order valence-electron chi connectivity index (χ2n) is 3.11. The van der Waals surface area contributed by atoms with Crippen molar-refractivity contribution in [2.24, 2.45) is 0 Å². The molecule has 0 heterocycles. The average Bonchev–Trinajstić information content (AvgIpc) is 2.29. The summed E-state index contributed by atoms with van der Waals surface area (Å²) < 4.78 is 24.7. The Bertz CT molecular complexity index is 589.